The molecule has 0 saturated heterocycles. The summed E-state index contributed by atoms with van der Waals surface area (Å²) in [6.45, 7) is 7.19. The minimum absolute atomic E-state index is 0.115. The number of nitrogens with zero attached hydrogens (tertiary/aromatic N) is 3. The molecule has 2 rings (SSSR count). The number of rotatable bonds is 7. The fourth-order valence-electron chi connectivity index (χ4n) is 2.56. The zero-order valence-electron chi connectivity index (χ0n) is 14.8. The topological polar surface area (TPSA) is 70.4 Å². The van der Waals surface area contributed by atoms with E-state index in [4.69, 9.17) is 0 Å². The molecule has 1 atom stereocenters. The highest BCUT2D eigenvalue weighted by molar-refractivity contribution is 5.91. The highest BCUT2D eigenvalue weighted by Gasteiger charge is 2.16. The highest BCUT2D eigenvalue weighted by atomic mass is 16.3. The van der Waals surface area contributed by atoms with Gasteiger partial charge in [-0.05, 0) is 26.0 Å². The SMILES string of the molecule is CCN(CC(=O)Nc1cc(C)nn1C)CC(O)c1ccc(C)cc1. The minimum atomic E-state index is -0.614. The number of nitrogens with one attached hydrogen (secondary N) is 1. The number of aryl methyl sites for hydroxylation is 3. The van der Waals surface area contributed by atoms with Crippen LogP contribution in [0.1, 0.15) is 29.8 Å². The van der Waals surface area contributed by atoms with Crippen molar-refractivity contribution < 1.29 is 9.90 Å². The first-order valence-electron chi connectivity index (χ1n) is 8.16. The maximum Gasteiger partial charge on any atom is 0.239 e. The van der Waals surface area contributed by atoms with Gasteiger partial charge in [-0.2, -0.15) is 5.10 Å². The molecule has 1 unspecified atom stereocenters. The van der Waals surface area contributed by atoms with E-state index in [1.54, 1.807) is 11.7 Å². The molecule has 2 aromatic rings. The lowest BCUT2D eigenvalue weighted by atomic mass is 10.1. The summed E-state index contributed by atoms with van der Waals surface area (Å²) in [5.41, 5.74) is 2.88. The van der Waals surface area contributed by atoms with E-state index in [0.717, 1.165) is 16.8 Å². The Morgan fingerprint density at radius 2 is 2.00 bits per heavy atom. The number of benzene rings is 1. The molecule has 130 valence electrons. The summed E-state index contributed by atoms with van der Waals surface area (Å²) in [6, 6.07) is 9.63. The number of carbonyl (C=O) groups is 1. The molecule has 0 spiro atoms. The molecule has 1 aromatic heterocycles. The van der Waals surface area contributed by atoms with Crippen molar-refractivity contribution in [1.29, 1.82) is 0 Å². The molecule has 0 aliphatic carbocycles. The molecule has 24 heavy (non-hydrogen) atoms. The number of hydrogen-bond acceptors (Lipinski definition) is 4. The van der Waals surface area contributed by atoms with Gasteiger partial charge in [0.1, 0.15) is 5.82 Å². The molecule has 0 bridgehead atoms. The van der Waals surface area contributed by atoms with Gasteiger partial charge < -0.3 is 10.4 Å². The standard InChI is InChI=1S/C18H26N4O2/c1-5-22(11-16(23)15-8-6-13(2)7-9-15)12-18(24)19-17-10-14(3)20-21(17)4/h6-10,16,23H,5,11-12H2,1-4H3,(H,19,24). The number of aliphatic hydroxyl groups excluding tert-OH is 1. The van der Waals surface area contributed by atoms with Gasteiger partial charge in [0, 0.05) is 19.7 Å². The third-order valence-corrected chi connectivity index (χ3v) is 3.98. The number of carbonyl (C=O) groups excluding carboxylic acids is 1. The highest BCUT2D eigenvalue weighted by Crippen LogP contribution is 2.15. The van der Waals surface area contributed by atoms with Crippen LogP contribution in [-0.2, 0) is 11.8 Å². The molecule has 1 heterocycles. The predicted molar refractivity (Wildman–Crippen MR) is 94.8 cm³/mol. The molecule has 0 fully saturated rings. The van der Waals surface area contributed by atoms with Crippen LogP contribution in [0.3, 0.4) is 0 Å². The van der Waals surface area contributed by atoms with Gasteiger partial charge in [-0.15, -0.1) is 0 Å². The third kappa shape index (κ3) is 4.91. The van der Waals surface area contributed by atoms with Gasteiger partial charge in [0.25, 0.3) is 0 Å². The van der Waals surface area contributed by atoms with E-state index in [2.05, 4.69) is 10.4 Å². The molecular formula is C18H26N4O2. The molecule has 2 N–H and O–H groups in total. The van der Waals surface area contributed by atoms with Gasteiger partial charge >= 0.3 is 0 Å². The van der Waals surface area contributed by atoms with Gasteiger partial charge in [-0.3, -0.25) is 14.4 Å². The summed E-state index contributed by atoms with van der Waals surface area (Å²) in [5, 5.41) is 17.4. The van der Waals surface area contributed by atoms with Crippen molar-refractivity contribution in [2.24, 2.45) is 7.05 Å². The first-order chi connectivity index (χ1) is 11.4. The van der Waals surface area contributed by atoms with E-state index >= 15 is 0 Å². The van der Waals surface area contributed by atoms with Crippen molar-refractivity contribution >= 4 is 11.7 Å². The van der Waals surface area contributed by atoms with Crippen LogP contribution in [0.5, 0.6) is 0 Å². The van der Waals surface area contributed by atoms with Gasteiger partial charge in [-0.1, -0.05) is 36.8 Å². The Bertz CT molecular complexity index is 679. The molecule has 0 aliphatic rings. The Balaban J connectivity index is 1.92. The number of anilines is 1. The maximum absolute atomic E-state index is 12.2. The molecule has 1 amide bonds. The van der Waals surface area contributed by atoms with Crippen molar-refractivity contribution in [3.8, 4) is 0 Å². The van der Waals surface area contributed by atoms with Crippen LogP contribution in [-0.4, -0.2) is 45.3 Å². The molecule has 1 aromatic carbocycles. The lowest BCUT2D eigenvalue weighted by molar-refractivity contribution is -0.117. The second kappa shape index (κ2) is 8.08. The largest absolute Gasteiger partial charge is 0.387 e. The Labute approximate surface area is 143 Å². The number of likely N-dealkylation sites (N-methyl/N-ethyl adjacent to an activating group) is 1. The lowest BCUT2D eigenvalue weighted by Gasteiger charge is -2.23. The van der Waals surface area contributed by atoms with E-state index in [-0.39, 0.29) is 12.5 Å². The summed E-state index contributed by atoms with van der Waals surface area (Å²) in [6.07, 6.45) is -0.614. The Morgan fingerprint density at radius 1 is 1.33 bits per heavy atom. The first-order valence-corrected chi connectivity index (χ1v) is 8.16. The van der Waals surface area contributed by atoms with E-state index in [1.165, 1.54) is 0 Å². The van der Waals surface area contributed by atoms with Gasteiger partial charge in [0.05, 0.1) is 18.3 Å². The van der Waals surface area contributed by atoms with E-state index < -0.39 is 6.10 Å². The van der Waals surface area contributed by atoms with E-state index in [9.17, 15) is 9.90 Å². The monoisotopic (exact) mass is 330 g/mol. The maximum atomic E-state index is 12.2. The molecule has 0 saturated carbocycles. The van der Waals surface area contributed by atoms with Gasteiger partial charge in [0.15, 0.2) is 0 Å². The van der Waals surface area contributed by atoms with Crippen LogP contribution in [0, 0.1) is 13.8 Å². The Hall–Kier alpha value is -2.18. The van der Waals surface area contributed by atoms with Crippen molar-refractivity contribution in [2.75, 3.05) is 25.0 Å². The lowest BCUT2D eigenvalue weighted by Crippen LogP contribution is -2.36. The molecule has 0 radical (unpaired) electrons. The van der Waals surface area contributed by atoms with Crippen molar-refractivity contribution in [1.82, 2.24) is 14.7 Å². The Morgan fingerprint density at radius 3 is 2.54 bits per heavy atom. The van der Waals surface area contributed by atoms with Crippen LogP contribution in [0.4, 0.5) is 5.82 Å². The van der Waals surface area contributed by atoms with E-state index in [0.29, 0.717) is 18.9 Å². The summed E-state index contributed by atoms with van der Waals surface area (Å²) >= 11 is 0. The van der Waals surface area contributed by atoms with Crippen molar-refractivity contribution in [3.63, 3.8) is 0 Å². The van der Waals surface area contributed by atoms with Crippen LogP contribution in [0.15, 0.2) is 30.3 Å². The predicted octanol–water partition coefficient (Wildman–Crippen LogP) is 2.03. The quantitative estimate of drug-likeness (QED) is 0.815. The second-order valence-electron chi connectivity index (χ2n) is 6.10. The van der Waals surface area contributed by atoms with Crippen LogP contribution in [0.2, 0.25) is 0 Å². The molecule has 0 aliphatic heterocycles. The number of aliphatic hydroxyl groups is 1. The first kappa shape index (κ1) is 18.2. The number of aromatic nitrogens is 2. The number of amides is 1. The summed E-state index contributed by atoms with van der Waals surface area (Å²) in [4.78, 5) is 14.2. The zero-order valence-corrected chi connectivity index (χ0v) is 14.8. The molecule has 6 heteroatoms. The van der Waals surface area contributed by atoms with Crippen LogP contribution < -0.4 is 5.32 Å². The summed E-state index contributed by atoms with van der Waals surface area (Å²) in [5.74, 6) is 0.559. The number of hydrogen-bond donors (Lipinski definition) is 2. The van der Waals surface area contributed by atoms with Crippen molar-refractivity contribution in [3.05, 3.63) is 47.2 Å². The summed E-state index contributed by atoms with van der Waals surface area (Å²) < 4.78 is 1.64. The summed E-state index contributed by atoms with van der Waals surface area (Å²) in [7, 11) is 1.79. The minimum Gasteiger partial charge on any atom is -0.387 e. The van der Waals surface area contributed by atoms with E-state index in [1.807, 2.05) is 56.0 Å². The smallest absolute Gasteiger partial charge is 0.239 e. The average molecular weight is 330 g/mol. The van der Waals surface area contributed by atoms with Gasteiger partial charge in [0.2, 0.25) is 5.91 Å². The Kier molecular flexibility index (Phi) is 6.11. The second-order valence-corrected chi connectivity index (χ2v) is 6.10. The van der Waals surface area contributed by atoms with Crippen LogP contribution in [0.25, 0.3) is 0 Å². The van der Waals surface area contributed by atoms with Crippen LogP contribution >= 0.6 is 0 Å². The fourth-order valence-corrected chi connectivity index (χ4v) is 2.56. The fraction of sp³-hybridized carbons (Fsp3) is 0.444. The van der Waals surface area contributed by atoms with Gasteiger partial charge in [-0.25, -0.2) is 0 Å². The zero-order chi connectivity index (χ0) is 17.7. The average Bonchev–Trinajstić information content (AvgIpc) is 2.84. The molecule has 6 nitrogen and oxygen atoms in total. The normalized spacial score (nSPS) is 12.4. The van der Waals surface area contributed by atoms with Crippen molar-refractivity contribution in [2.45, 2.75) is 26.9 Å². The molecular weight excluding hydrogens is 304 g/mol. The third-order valence-electron chi connectivity index (χ3n) is 3.98.